The van der Waals surface area contributed by atoms with Crippen LogP contribution in [0, 0.1) is 0 Å². The topological polar surface area (TPSA) is 127 Å². The van der Waals surface area contributed by atoms with Crippen molar-refractivity contribution in [3.05, 3.63) is 84.4 Å². The molecule has 3 aromatic heterocycles. The van der Waals surface area contributed by atoms with Crippen molar-refractivity contribution >= 4 is 37.3 Å². The third-order valence-corrected chi connectivity index (χ3v) is 9.90. The van der Waals surface area contributed by atoms with E-state index in [-0.39, 0.29) is 40.5 Å². The largest absolute Gasteiger partial charge is 0.310 e. The van der Waals surface area contributed by atoms with Gasteiger partial charge in [-0.05, 0) is 53.8 Å². The minimum absolute atomic E-state index is 0.111. The number of benzene rings is 1. The Morgan fingerprint density at radius 3 is 2.16 bits per heavy atom. The van der Waals surface area contributed by atoms with Crippen molar-refractivity contribution in [2.45, 2.75) is 36.5 Å². The fraction of sp³-hybridized carbons (Fsp3) is 0.222. The molecule has 0 atom stereocenters. The zero-order chi connectivity index (χ0) is 27.3. The Hall–Kier alpha value is -3.83. The first kappa shape index (κ1) is 27.2. The molecule has 9 nitrogen and oxygen atoms in total. The van der Waals surface area contributed by atoms with Gasteiger partial charge >= 0.3 is 0 Å². The lowest BCUT2D eigenvalue weighted by atomic mass is 10.1. The third kappa shape index (κ3) is 5.53. The van der Waals surface area contributed by atoms with Crippen molar-refractivity contribution in [3.8, 4) is 11.1 Å². The number of fused-ring (bicyclic) bond motifs is 1. The summed E-state index contributed by atoms with van der Waals surface area (Å²) in [5.74, 6) is -1.42. The number of rotatable bonds is 10. The van der Waals surface area contributed by atoms with E-state index >= 15 is 0 Å². The molecule has 1 amide bonds. The molecule has 4 rings (SSSR count). The number of hydrogen-bond acceptors (Lipinski definition) is 7. The fourth-order valence-electron chi connectivity index (χ4n) is 4.23. The van der Waals surface area contributed by atoms with Crippen LogP contribution in [0.4, 0.5) is 0 Å². The predicted octanol–water partition coefficient (Wildman–Crippen LogP) is 4.13. The Balaban J connectivity index is 1.99. The number of nitrogens with zero attached hydrogens (tertiary/aromatic N) is 3. The molecule has 0 aliphatic carbocycles. The molecule has 38 heavy (non-hydrogen) atoms. The lowest BCUT2D eigenvalue weighted by molar-refractivity contribution is 0.0945. The Kier molecular flexibility index (Phi) is 8.08. The number of hydrazone groups is 1. The third-order valence-electron chi connectivity index (χ3n) is 5.83. The Bertz CT molecular complexity index is 1700. The molecule has 0 bridgehead atoms. The summed E-state index contributed by atoms with van der Waals surface area (Å²) in [6, 6.07) is 15.8. The molecule has 0 spiro atoms. The second-order valence-corrected chi connectivity index (χ2v) is 12.8. The minimum atomic E-state index is -4.16. The SMILES string of the molecule is CCCS(=O)(=O)c1c(S(=O)(=O)CCC)c2cc(-c3ccncc3)ccn2c1C(=O)N/N=C/c1ccccc1. The van der Waals surface area contributed by atoms with E-state index < -0.39 is 30.5 Å². The first-order chi connectivity index (χ1) is 18.2. The van der Waals surface area contributed by atoms with Crippen molar-refractivity contribution in [1.29, 1.82) is 0 Å². The Morgan fingerprint density at radius 1 is 0.895 bits per heavy atom. The van der Waals surface area contributed by atoms with E-state index in [0.29, 0.717) is 5.56 Å². The highest BCUT2D eigenvalue weighted by atomic mass is 32.2. The highest BCUT2D eigenvalue weighted by Gasteiger charge is 2.37. The first-order valence-corrected chi connectivity index (χ1v) is 15.4. The van der Waals surface area contributed by atoms with Gasteiger partial charge in [0.05, 0.1) is 23.2 Å². The van der Waals surface area contributed by atoms with Crippen molar-refractivity contribution < 1.29 is 21.6 Å². The van der Waals surface area contributed by atoms with Gasteiger partial charge in [0.25, 0.3) is 5.91 Å². The highest BCUT2D eigenvalue weighted by Crippen LogP contribution is 2.36. The molecule has 1 aromatic carbocycles. The van der Waals surface area contributed by atoms with Gasteiger partial charge in [0.2, 0.25) is 0 Å². The molecule has 11 heteroatoms. The summed E-state index contributed by atoms with van der Waals surface area (Å²) < 4.78 is 55.5. The van der Waals surface area contributed by atoms with Gasteiger partial charge in [-0.2, -0.15) is 5.10 Å². The monoisotopic (exact) mass is 552 g/mol. The molecule has 0 saturated carbocycles. The maximum atomic E-state index is 13.6. The van der Waals surface area contributed by atoms with Gasteiger partial charge in [-0.25, -0.2) is 22.3 Å². The number of carbonyl (C=O) groups excluding carboxylic acids is 1. The smallest absolute Gasteiger partial charge is 0.289 e. The van der Waals surface area contributed by atoms with Crippen LogP contribution in [0.25, 0.3) is 16.6 Å². The van der Waals surface area contributed by atoms with Crippen LogP contribution in [0.15, 0.2) is 88.1 Å². The van der Waals surface area contributed by atoms with Gasteiger partial charge in [0.1, 0.15) is 15.5 Å². The van der Waals surface area contributed by atoms with Crippen molar-refractivity contribution in [2.75, 3.05) is 11.5 Å². The van der Waals surface area contributed by atoms with Crippen molar-refractivity contribution in [1.82, 2.24) is 14.8 Å². The molecule has 0 unspecified atom stereocenters. The van der Waals surface area contributed by atoms with E-state index in [2.05, 4.69) is 15.5 Å². The van der Waals surface area contributed by atoms with E-state index in [1.807, 2.05) is 18.2 Å². The average molecular weight is 553 g/mol. The maximum Gasteiger partial charge on any atom is 0.289 e. The Morgan fingerprint density at radius 2 is 1.53 bits per heavy atom. The Labute approximate surface area is 222 Å². The summed E-state index contributed by atoms with van der Waals surface area (Å²) in [4.78, 5) is 16.6. The van der Waals surface area contributed by atoms with Gasteiger partial charge in [-0.15, -0.1) is 0 Å². The van der Waals surface area contributed by atoms with Crippen LogP contribution in [-0.2, 0) is 19.7 Å². The van der Waals surface area contributed by atoms with Crippen molar-refractivity contribution in [3.63, 3.8) is 0 Å². The van der Waals surface area contributed by atoms with Crippen molar-refractivity contribution in [2.24, 2.45) is 5.10 Å². The molecule has 0 fully saturated rings. The maximum absolute atomic E-state index is 13.6. The predicted molar refractivity (Wildman–Crippen MR) is 147 cm³/mol. The fourth-order valence-corrected chi connectivity index (χ4v) is 8.20. The highest BCUT2D eigenvalue weighted by molar-refractivity contribution is 7.94. The lowest BCUT2D eigenvalue weighted by Gasteiger charge is -2.08. The lowest BCUT2D eigenvalue weighted by Crippen LogP contribution is -2.23. The summed E-state index contributed by atoms with van der Waals surface area (Å²) in [5.41, 5.74) is 4.33. The van der Waals surface area contributed by atoms with Gasteiger partial charge in [-0.3, -0.25) is 9.78 Å². The number of hydrogen-bond donors (Lipinski definition) is 1. The summed E-state index contributed by atoms with van der Waals surface area (Å²) in [7, 11) is -8.23. The summed E-state index contributed by atoms with van der Waals surface area (Å²) in [5, 5.41) is 3.98. The summed E-state index contributed by atoms with van der Waals surface area (Å²) in [6.45, 7) is 3.38. The van der Waals surface area contributed by atoms with Crippen LogP contribution in [0.5, 0.6) is 0 Å². The number of amides is 1. The molecule has 198 valence electrons. The van der Waals surface area contributed by atoms with Crippen LogP contribution in [0.2, 0.25) is 0 Å². The van der Waals surface area contributed by atoms with E-state index in [4.69, 9.17) is 0 Å². The van der Waals surface area contributed by atoms with Crippen LogP contribution < -0.4 is 5.43 Å². The molecule has 4 aromatic rings. The standard InChI is InChI=1S/C27H28N4O5S2/c1-3-16-37(33,34)25-23-18-22(21-10-13-28-14-11-21)12-15-31(23)24(26(25)38(35,36)17-4-2)27(32)30-29-19-20-8-6-5-7-9-20/h5-15,18-19H,3-4,16-17H2,1-2H3,(H,30,32)/b29-19+. The number of nitrogens with one attached hydrogen (secondary N) is 1. The molecule has 0 aliphatic heterocycles. The second-order valence-electron chi connectivity index (χ2n) is 8.66. The molecular formula is C27H28N4O5S2. The summed E-state index contributed by atoms with van der Waals surface area (Å²) in [6.07, 6.45) is 6.67. The number of aromatic nitrogens is 2. The van der Waals surface area contributed by atoms with E-state index in [0.717, 1.165) is 11.1 Å². The van der Waals surface area contributed by atoms with Gasteiger partial charge < -0.3 is 4.40 Å². The zero-order valence-corrected chi connectivity index (χ0v) is 22.7. The van der Waals surface area contributed by atoms with Crippen LogP contribution >= 0.6 is 0 Å². The second kappa shape index (κ2) is 11.3. The van der Waals surface area contributed by atoms with Crippen LogP contribution in [0.1, 0.15) is 42.7 Å². The molecular weight excluding hydrogens is 524 g/mol. The van der Waals surface area contributed by atoms with Gasteiger partial charge in [0, 0.05) is 18.6 Å². The molecule has 0 aliphatic rings. The molecule has 1 N–H and O–H groups in total. The minimum Gasteiger partial charge on any atom is -0.310 e. The molecule has 0 saturated heterocycles. The summed E-state index contributed by atoms with van der Waals surface area (Å²) >= 11 is 0. The number of carbonyl (C=O) groups is 1. The average Bonchev–Trinajstić information content (AvgIpc) is 3.26. The molecule has 3 heterocycles. The van der Waals surface area contributed by atoms with E-state index in [1.54, 1.807) is 62.6 Å². The number of sulfone groups is 2. The normalized spacial score (nSPS) is 12.3. The van der Waals surface area contributed by atoms with Crippen LogP contribution in [-0.4, -0.2) is 49.8 Å². The van der Waals surface area contributed by atoms with Gasteiger partial charge in [0.15, 0.2) is 19.7 Å². The quantitative estimate of drug-likeness (QED) is 0.233. The van der Waals surface area contributed by atoms with E-state index in [1.165, 1.54) is 16.8 Å². The van der Waals surface area contributed by atoms with Crippen LogP contribution in [0.3, 0.4) is 0 Å². The zero-order valence-electron chi connectivity index (χ0n) is 21.0. The first-order valence-electron chi connectivity index (χ1n) is 12.1. The van der Waals surface area contributed by atoms with E-state index in [9.17, 15) is 21.6 Å². The number of pyridine rings is 2. The molecule has 0 radical (unpaired) electrons. The van der Waals surface area contributed by atoms with Gasteiger partial charge in [-0.1, -0.05) is 44.2 Å².